The summed E-state index contributed by atoms with van der Waals surface area (Å²) in [5, 5.41) is 3.32. The summed E-state index contributed by atoms with van der Waals surface area (Å²) in [5.41, 5.74) is 2.40. The van der Waals surface area contributed by atoms with Gasteiger partial charge in [0.25, 0.3) is 15.9 Å². The Morgan fingerprint density at radius 1 is 1.10 bits per heavy atom. The number of benzene rings is 3. The Hall–Kier alpha value is -3.03. The highest BCUT2D eigenvalue weighted by Gasteiger charge is 2.36. The number of halogens is 1. The van der Waals surface area contributed by atoms with Gasteiger partial charge in [0.05, 0.1) is 23.4 Å². The first-order chi connectivity index (χ1) is 14.8. The highest BCUT2D eigenvalue weighted by molar-refractivity contribution is 7.92. The quantitative estimate of drug-likeness (QED) is 0.601. The molecular weight excluding hydrogens is 436 g/mol. The van der Waals surface area contributed by atoms with Gasteiger partial charge in [-0.25, -0.2) is 8.42 Å². The molecule has 0 aliphatic carbocycles. The van der Waals surface area contributed by atoms with E-state index >= 15 is 0 Å². The summed E-state index contributed by atoms with van der Waals surface area (Å²) in [4.78, 5) is 13.0. The summed E-state index contributed by atoms with van der Waals surface area (Å²) < 4.78 is 33.2. The molecule has 3 aromatic rings. The molecule has 6 nitrogen and oxygen atoms in total. The van der Waals surface area contributed by atoms with Crippen LogP contribution >= 0.6 is 11.6 Å². The van der Waals surface area contributed by atoms with Gasteiger partial charge in [-0.2, -0.15) is 0 Å². The van der Waals surface area contributed by atoms with Crippen molar-refractivity contribution in [1.29, 1.82) is 0 Å². The molecule has 1 aliphatic rings. The third-order valence-corrected chi connectivity index (χ3v) is 7.41. The van der Waals surface area contributed by atoms with Crippen molar-refractivity contribution in [1.82, 2.24) is 0 Å². The molecule has 0 saturated heterocycles. The minimum absolute atomic E-state index is 0.176. The molecule has 8 heteroatoms. The van der Waals surface area contributed by atoms with Crippen molar-refractivity contribution < 1.29 is 17.9 Å². The van der Waals surface area contributed by atoms with Crippen LogP contribution in [0.25, 0.3) is 0 Å². The molecule has 0 radical (unpaired) electrons. The maximum atomic E-state index is 13.2. The highest BCUT2D eigenvalue weighted by Crippen LogP contribution is 2.37. The monoisotopic (exact) mass is 456 g/mol. The number of hydrogen-bond acceptors (Lipinski definition) is 4. The fourth-order valence-electron chi connectivity index (χ4n) is 3.77. The van der Waals surface area contributed by atoms with Crippen LogP contribution in [-0.4, -0.2) is 27.5 Å². The molecule has 1 atom stereocenters. The van der Waals surface area contributed by atoms with Crippen LogP contribution in [0, 0.1) is 0 Å². The van der Waals surface area contributed by atoms with E-state index < -0.39 is 10.0 Å². The number of amides is 1. The summed E-state index contributed by atoms with van der Waals surface area (Å²) in [6.07, 6.45) is 0.512. The molecule has 31 heavy (non-hydrogen) atoms. The average molecular weight is 457 g/mol. The van der Waals surface area contributed by atoms with Crippen molar-refractivity contribution >= 4 is 38.9 Å². The number of fused-ring (bicyclic) bond motifs is 1. The van der Waals surface area contributed by atoms with Crippen LogP contribution < -0.4 is 14.4 Å². The number of carbonyl (C=O) groups is 1. The number of ether oxygens (including phenoxy) is 1. The Labute approximate surface area is 186 Å². The summed E-state index contributed by atoms with van der Waals surface area (Å²) in [5.74, 6) is 0.268. The number of carbonyl (C=O) groups excluding carboxylic acids is 1. The van der Waals surface area contributed by atoms with Gasteiger partial charge in [-0.05, 0) is 73.5 Å². The van der Waals surface area contributed by atoms with Crippen LogP contribution in [0.3, 0.4) is 0 Å². The standard InChI is InChI=1S/C23H21ClN2O4S/c1-15-13-17-14-16(23(27)25-20-5-3-4-6-22(20)30-2)7-12-21(17)26(15)31(28,29)19-10-8-18(24)9-11-19/h3-12,14-15H,13H2,1-2H3,(H,25,27)/t15-/m1/s1. The molecule has 0 fully saturated rings. The number of nitrogens with one attached hydrogen (secondary N) is 1. The number of sulfonamides is 1. The van der Waals surface area contributed by atoms with E-state index in [1.54, 1.807) is 42.5 Å². The molecule has 1 aliphatic heterocycles. The second-order valence-corrected chi connectivity index (χ2v) is 9.56. The zero-order valence-corrected chi connectivity index (χ0v) is 18.6. The predicted octanol–water partition coefficient (Wildman–Crippen LogP) is 4.74. The zero-order chi connectivity index (χ0) is 22.2. The van der Waals surface area contributed by atoms with Gasteiger partial charge >= 0.3 is 0 Å². The Morgan fingerprint density at radius 3 is 2.52 bits per heavy atom. The van der Waals surface area contributed by atoms with Gasteiger partial charge in [0.1, 0.15) is 5.75 Å². The molecule has 1 heterocycles. The van der Waals surface area contributed by atoms with Crippen LogP contribution in [-0.2, 0) is 16.4 Å². The van der Waals surface area contributed by atoms with E-state index in [9.17, 15) is 13.2 Å². The van der Waals surface area contributed by atoms with Crippen molar-refractivity contribution in [2.75, 3.05) is 16.7 Å². The predicted molar refractivity (Wildman–Crippen MR) is 122 cm³/mol. The van der Waals surface area contributed by atoms with Crippen LogP contribution in [0.5, 0.6) is 5.75 Å². The first-order valence-electron chi connectivity index (χ1n) is 9.68. The minimum atomic E-state index is -3.75. The van der Waals surface area contributed by atoms with E-state index in [1.165, 1.54) is 23.5 Å². The number of nitrogens with zero attached hydrogens (tertiary/aromatic N) is 1. The lowest BCUT2D eigenvalue weighted by molar-refractivity contribution is 0.102. The Kier molecular flexibility index (Phi) is 5.64. The minimum Gasteiger partial charge on any atom is -0.495 e. The Balaban J connectivity index is 1.63. The van der Waals surface area contributed by atoms with E-state index in [-0.39, 0.29) is 16.8 Å². The van der Waals surface area contributed by atoms with Crippen molar-refractivity contribution in [2.45, 2.75) is 24.3 Å². The fourth-order valence-corrected chi connectivity index (χ4v) is 5.59. The summed E-state index contributed by atoms with van der Waals surface area (Å²) >= 11 is 5.90. The lowest BCUT2D eigenvalue weighted by Gasteiger charge is -2.24. The number of para-hydroxylation sites is 2. The smallest absolute Gasteiger partial charge is 0.264 e. The molecule has 0 aromatic heterocycles. The van der Waals surface area contributed by atoms with Crippen molar-refractivity contribution in [3.8, 4) is 5.75 Å². The molecular formula is C23H21ClN2O4S. The van der Waals surface area contributed by atoms with Crippen molar-refractivity contribution in [3.63, 3.8) is 0 Å². The van der Waals surface area contributed by atoms with E-state index in [0.29, 0.717) is 34.1 Å². The van der Waals surface area contributed by atoms with Crippen LogP contribution in [0.1, 0.15) is 22.8 Å². The van der Waals surface area contributed by atoms with Crippen LogP contribution in [0.4, 0.5) is 11.4 Å². The van der Waals surface area contributed by atoms with Gasteiger partial charge in [-0.15, -0.1) is 0 Å². The number of anilines is 2. The maximum absolute atomic E-state index is 13.2. The molecule has 1 N–H and O–H groups in total. The second-order valence-electron chi connectivity index (χ2n) is 7.31. The number of rotatable bonds is 5. The van der Waals surface area contributed by atoms with E-state index in [2.05, 4.69) is 5.32 Å². The molecule has 1 amide bonds. The molecule has 0 unspecified atom stereocenters. The normalized spacial score (nSPS) is 15.5. The number of hydrogen-bond donors (Lipinski definition) is 1. The topological polar surface area (TPSA) is 75.7 Å². The SMILES string of the molecule is COc1ccccc1NC(=O)c1ccc2c(c1)C[C@@H](C)N2S(=O)(=O)c1ccc(Cl)cc1. The van der Waals surface area contributed by atoms with E-state index in [4.69, 9.17) is 16.3 Å². The van der Waals surface area contributed by atoms with Crippen LogP contribution in [0.2, 0.25) is 5.02 Å². The first-order valence-corrected chi connectivity index (χ1v) is 11.5. The molecule has 4 rings (SSSR count). The van der Waals surface area contributed by atoms with E-state index in [0.717, 1.165) is 5.56 Å². The van der Waals surface area contributed by atoms with Gasteiger partial charge in [0.2, 0.25) is 0 Å². The molecule has 0 bridgehead atoms. The average Bonchev–Trinajstić information content (AvgIpc) is 3.10. The number of methoxy groups -OCH3 is 1. The second kappa shape index (κ2) is 8.24. The van der Waals surface area contributed by atoms with Crippen LogP contribution in [0.15, 0.2) is 71.6 Å². The third kappa shape index (κ3) is 3.98. The zero-order valence-electron chi connectivity index (χ0n) is 17.0. The van der Waals surface area contributed by atoms with Crippen molar-refractivity contribution in [3.05, 3.63) is 82.9 Å². The molecule has 3 aromatic carbocycles. The molecule has 0 saturated carbocycles. The lowest BCUT2D eigenvalue weighted by atomic mass is 10.1. The fraction of sp³-hybridized carbons (Fsp3) is 0.174. The maximum Gasteiger partial charge on any atom is 0.264 e. The Bertz CT molecular complexity index is 1240. The van der Waals surface area contributed by atoms with Gasteiger partial charge in [0, 0.05) is 16.6 Å². The lowest BCUT2D eigenvalue weighted by Crippen LogP contribution is -2.35. The van der Waals surface area contributed by atoms with Gasteiger partial charge in [-0.3, -0.25) is 9.10 Å². The van der Waals surface area contributed by atoms with Gasteiger partial charge in [-0.1, -0.05) is 23.7 Å². The molecule has 0 spiro atoms. The molecule has 160 valence electrons. The van der Waals surface area contributed by atoms with Gasteiger partial charge in [0.15, 0.2) is 0 Å². The largest absolute Gasteiger partial charge is 0.495 e. The summed E-state index contributed by atoms with van der Waals surface area (Å²) in [7, 11) is -2.21. The van der Waals surface area contributed by atoms with Gasteiger partial charge < -0.3 is 10.1 Å². The third-order valence-electron chi connectivity index (χ3n) is 5.22. The van der Waals surface area contributed by atoms with E-state index in [1.807, 2.05) is 19.1 Å². The highest BCUT2D eigenvalue weighted by atomic mass is 35.5. The summed E-state index contributed by atoms with van der Waals surface area (Å²) in [6.45, 7) is 1.85. The summed E-state index contributed by atoms with van der Waals surface area (Å²) in [6, 6.07) is 18.0. The Morgan fingerprint density at radius 2 is 1.81 bits per heavy atom. The first kappa shape index (κ1) is 21.2. The van der Waals surface area contributed by atoms with Crippen molar-refractivity contribution in [2.24, 2.45) is 0 Å².